The molecule has 2 nitrogen and oxygen atoms in total. The minimum atomic E-state index is -0.982. The van der Waals surface area contributed by atoms with Gasteiger partial charge in [-0.25, -0.2) is 4.39 Å². The normalized spacial score (nSPS) is 17.1. The molecule has 1 aromatic rings. The highest BCUT2D eigenvalue weighted by molar-refractivity contribution is 5.23. The molecule has 2 atom stereocenters. The molecule has 0 radical (unpaired) electrons. The number of aliphatic hydroxyl groups is 1. The maximum absolute atomic E-state index is 12.7. The SMILES string of the molecule is CCNC(C)C(C)(O)c1ccc(F)cc1. The summed E-state index contributed by atoms with van der Waals surface area (Å²) in [6.45, 7) is 6.41. The van der Waals surface area contributed by atoms with Crippen LogP contribution in [-0.2, 0) is 5.60 Å². The number of hydrogen-bond donors (Lipinski definition) is 2. The molecule has 0 aliphatic heterocycles. The molecule has 0 bridgehead atoms. The zero-order valence-corrected chi connectivity index (χ0v) is 9.42. The number of hydrogen-bond acceptors (Lipinski definition) is 2. The number of nitrogens with one attached hydrogen (secondary N) is 1. The fraction of sp³-hybridized carbons (Fsp3) is 0.500. The van der Waals surface area contributed by atoms with Crippen LogP contribution in [0.3, 0.4) is 0 Å². The number of likely N-dealkylation sites (N-methyl/N-ethyl adjacent to an activating group) is 1. The lowest BCUT2D eigenvalue weighted by molar-refractivity contribution is 0.0221. The van der Waals surface area contributed by atoms with E-state index in [4.69, 9.17) is 0 Å². The van der Waals surface area contributed by atoms with Gasteiger partial charge in [-0.1, -0.05) is 19.1 Å². The summed E-state index contributed by atoms with van der Waals surface area (Å²) in [5.41, 5.74) is -0.263. The maximum Gasteiger partial charge on any atom is 0.123 e. The smallest absolute Gasteiger partial charge is 0.123 e. The molecule has 0 amide bonds. The molecule has 0 aliphatic carbocycles. The van der Waals surface area contributed by atoms with E-state index < -0.39 is 5.60 Å². The highest BCUT2D eigenvalue weighted by atomic mass is 19.1. The average Bonchev–Trinajstić information content (AvgIpc) is 2.18. The summed E-state index contributed by atoms with van der Waals surface area (Å²) in [7, 11) is 0. The van der Waals surface area contributed by atoms with Gasteiger partial charge < -0.3 is 10.4 Å². The first kappa shape index (κ1) is 12.1. The van der Waals surface area contributed by atoms with Crippen LogP contribution in [-0.4, -0.2) is 17.7 Å². The lowest BCUT2D eigenvalue weighted by atomic mass is 9.89. The maximum atomic E-state index is 12.7. The molecule has 3 heteroatoms. The van der Waals surface area contributed by atoms with Gasteiger partial charge in [0.2, 0.25) is 0 Å². The molecule has 2 N–H and O–H groups in total. The van der Waals surface area contributed by atoms with Gasteiger partial charge in [-0.05, 0) is 38.1 Å². The molecule has 1 rings (SSSR count). The first-order valence-corrected chi connectivity index (χ1v) is 5.20. The molecule has 0 aromatic heterocycles. The van der Waals surface area contributed by atoms with E-state index in [2.05, 4.69) is 5.32 Å². The van der Waals surface area contributed by atoms with Crippen LogP contribution in [0.1, 0.15) is 26.3 Å². The molecular formula is C12H18FNO. The van der Waals surface area contributed by atoms with Gasteiger partial charge in [0.15, 0.2) is 0 Å². The molecule has 1 aromatic carbocycles. The summed E-state index contributed by atoms with van der Waals surface area (Å²) in [5.74, 6) is -0.286. The Balaban J connectivity index is 2.89. The summed E-state index contributed by atoms with van der Waals surface area (Å²) in [6, 6.07) is 5.88. The van der Waals surface area contributed by atoms with Crippen molar-refractivity contribution in [3.8, 4) is 0 Å². The van der Waals surface area contributed by atoms with Crippen molar-refractivity contribution in [1.82, 2.24) is 5.32 Å². The van der Waals surface area contributed by atoms with Crippen LogP contribution in [0.15, 0.2) is 24.3 Å². The van der Waals surface area contributed by atoms with Crippen molar-refractivity contribution in [1.29, 1.82) is 0 Å². The lowest BCUT2D eigenvalue weighted by Crippen LogP contribution is -2.44. The Hall–Kier alpha value is -0.930. The van der Waals surface area contributed by atoms with Crippen molar-refractivity contribution in [2.75, 3.05) is 6.54 Å². The van der Waals surface area contributed by atoms with Crippen LogP contribution >= 0.6 is 0 Å². The Morgan fingerprint density at radius 3 is 2.40 bits per heavy atom. The number of halogens is 1. The Bertz CT molecular complexity index is 308. The first-order valence-electron chi connectivity index (χ1n) is 5.20. The van der Waals surface area contributed by atoms with Gasteiger partial charge >= 0.3 is 0 Å². The minimum absolute atomic E-state index is 0.0760. The minimum Gasteiger partial charge on any atom is -0.384 e. The van der Waals surface area contributed by atoms with Crippen LogP contribution in [0, 0.1) is 5.82 Å². The van der Waals surface area contributed by atoms with Gasteiger partial charge in [0, 0.05) is 6.04 Å². The highest BCUT2D eigenvalue weighted by Gasteiger charge is 2.29. The second-order valence-corrected chi connectivity index (χ2v) is 3.93. The van der Waals surface area contributed by atoms with Crippen molar-refractivity contribution in [2.24, 2.45) is 0 Å². The molecule has 0 heterocycles. The van der Waals surface area contributed by atoms with E-state index in [1.54, 1.807) is 19.1 Å². The van der Waals surface area contributed by atoms with E-state index in [0.29, 0.717) is 0 Å². The van der Waals surface area contributed by atoms with Crippen LogP contribution in [0.25, 0.3) is 0 Å². The zero-order valence-electron chi connectivity index (χ0n) is 9.42. The van der Waals surface area contributed by atoms with Gasteiger partial charge in [-0.2, -0.15) is 0 Å². The Labute approximate surface area is 90.1 Å². The lowest BCUT2D eigenvalue weighted by Gasteiger charge is -2.31. The Morgan fingerprint density at radius 1 is 1.40 bits per heavy atom. The van der Waals surface area contributed by atoms with E-state index in [0.717, 1.165) is 12.1 Å². The van der Waals surface area contributed by atoms with Crippen molar-refractivity contribution >= 4 is 0 Å². The molecule has 0 fully saturated rings. The van der Waals surface area contributed by atoms with E-state index in [9.17, 15) is 9.50 Å². The van der Waals surface area contributed by atoms with Crippen molar-refractivity contribution < 1.29 is 9.50 Å². The molecule has 2 unspecified atom stereocenters. The van der Waals surface area contributed by atoms with Crippen molar-refractivity contribution in [3.05, 3.63) is 35.6 Å². The van der Waals surface area contributed by atoms with Gasteiger partial charge in [0.05, 0.1) is 0 Å². The third-order valence-corrected chi connectivity index (χ3v) is 2.78. The standard InChI is InChI=1S/C12H18FNO/c1-4-14-9(2)12(3,15)10-5-7-11(13)8-6-10/h5-9,14-15H,4H2,1-3H3. The summed E-state index contributed by atoms with van der Waals surface area (Å²) < 4.78 is 12.7. The zero-order chi connectivity index (χ0) is 11.5. The topological polar surface area (TPSA) is 32.3 Å². The Morgan fingerprint density at radius 2 is 1.93 bits per heavy atom. The van der Waals surface area contributed by atoms with Crippen LogP contribution in [0.5, 0.6) is 0 Å². The second kappa shape index (κ2) is 4.73. The van der Waals surface area contributed by atoms with Gasteiger partial charge in [-0.15, -0.1) is 0 Å². The van der Waals surface area contributed by atoms with Gasteiger partial charge in [0.1, 0.15) is 11.4 Å². The fourth-order valence-corrected chi connectivity index (χ4v) is 1.54. The number of benzene rings is 1. The van der Waals surface area contributed by atoms with Crippen molar-refractivity contribution in [3.63, 3.8) is 0 Å². The van der Waals surface area contributed by atoms with E-state index >= 15 is 0 Å². The molecule has 0 spiro atoms. The molecule has 15 heavy (non-hydrogen) atoms. The molecule has 0 saturated carbocycles. The summed E-state index contributed by atoms with van der Waals surface area (Å²) in [5, 5.41) is 13.4. The predicted octanol–water partition coefficient (Wildman–Crippen LogP) is 2.03. The van der Waals surface area contributed by atoms with E-state index in [1.165, 1.54) is 12.1 Å². The van der Waals surface area contributed by atoms with Gasteiger partial charge in [-0.3, -0.25) is 0 Å². The first-order chi connectivity index (χ1) is 6.98. The third kappa shape index (κ3) is 2.76. The second-order valence-electron chi connectivity index (χ2n) is 3.93. The average molecular weight is 211 g/mol. The van der Waals surface area contributed by atoms with E-state index in [-0.39, 0.29) is 11.9 Å². The molecular weight excluding hydrogens is 193 g/mol. The van der Waals surface area contributed by atoms with Crippen molar-refractivity contribution in [2.45, 2.75) is 32.4 Å². The fourth-order valence-electron chi connectivity index (χ4n) is 1.54. The van der Waals surface area contributed by atoms with Crippen LogP contribution < -0.4 is 5.32 Å². The summed E-state index contributed by atoms with van der Waals surface area (Å²) in [6.07, 6.45) is 0. The van der Waals surface area contributed by atoms with Crippen LogP contribution in [0.4, 0.5) is 4.39 Å². The molecule has 0 saturated heterocycles. The third-order valence-electron chi connectivity index (χ3n) is 2.78. The van der Waals surface area contributed by atoms with E-state index in [1.807, 2.05) is 13.8 Å². The Kier molecular flexibility index (Phi) is 3.83. The molecule has 0 aliphatic rings. The highest BCUT2D eigenvalue weighted by Crippen LogP contribution is 2.24. The number of rotatable bonds is 4. The van der Waals surface area contributed by atoms with Gasteiger partial charge in [0.25, 0.3) is 0 Å². The van der Waals surface area contributed by atoms with Crippen LogP contribution in [0.2, 0.25) is 0 Å². The monoisotopic (exact) mass is 211 g/mol. The quantitative estimate of drug-likeness (QED) is 0.798. The summed E-state index contributed by atoms with van der Waals surface area (Å²) >= 11 is 0. The summed E-state index contributed by atoms with van der Waals surface area (Å²) in [4.78, 5) is 0. The molecule has 84 valence electrons. The largest absolute Gasteiger partial charge is 0.384 e. The predicted molar refractivity (Wildman–Crippen MR) is 59.1 cm³/mol.